The Balaban J connectivity index is 2.47. The standard InChI is InChI=1S/C10H21N4O2P/c1-11-4-7-14-8-5-12(2)10(11,17(15)16)13(3)6-9-14/h4-9H2,1-3H3. The summed E-state index contributed by atoms with van der Waals surface area (Å²) in [5.74, 6) is 0. The van der Waals surface area contributed by atoms with Crippen LogP contribution in [0.15, 0.2) is 0 Å². The summed E-state index contributed by atoms with van der Waals surface area (Å²) in [7, 11) is 3.12. The van der Waals surface area contributed by atoms with Crippen molar-refractivity contribution in [3.8, 4) is 0 Å². The molecule has 3 aliphatic rings. The fourth-order valence-corrected chi connectivity index (χ4v) is 4.09. The number of hydrogen-bond acceptors (Lipinski definition) is 6. The molecular weight excluding hydrogens is 239 g/mol. The summed E-state index contributed by atoms with van der Waals surface area (Å²) in [5, 5.41) is 0. The molecule has 0 unspecified atom stereocenters. The number of likely N-dealkylation sites (N-methyl/N-ethyl adjacent to an activating group) is 3. The Labute approximate surface area is 103 Å². The molecule has 3 saturated heterocycles. The zero-order valence-electron chi connectivity index (χ0n) is 10.8. The molecule has 2 bridgehead atoms. The highest BCUT2D eigenvalue weighted by atomic mass is 31.1. The lowest BCUT2D eigenvalue weighted by molar-refractivity contribution is -0.108. The Morgan fingerprint density at radius 2 is 1.12 bits per heavy atom. The van der Waals surface area contributed by atoms with Crippen LogP contribution in [0.5, 0.6) is 0 Å². The Bertz CT molecular complexity index is 316. The van der Waals surface area contributed by atoms with E-state index in [1.165, 1.54) is 0 Å². The van der Waals surface area contributed by atoms with E-state index < -0.39 is 13.2 Å². The first-order chi connectivity index (χ1) is 7.99. The van der Waals surface area contributed by atoms with Gasteiger partial charge in [-0.25, -0.2) is 9.13 Å². The summed E-state index contributed by atoms with van der Waals surface area (Å²) in [6.45, 7) is 5.17. The fraction of sp³-hybridized carbons (Fsp3) is 1.00. The molecule has 0 aliphatic carbocycles. The van der Waals surface area contributed by atoms with Gasteiger partial charge in [0.25, 0.3) is 0 Å². The summed E-state index contributed by atoms with van der Waals surface area (Å²) in [5.41, 5.74) is -0.957. The highest BCUT2D eigenvalue weighted by Gasteiger charge is 2.50. The summed E-state index contributed by atoms with van der Waals surface area (Å²) in [4.78, 5) is 8.24. The maximum absolute atomic E-state index is 11.9. The highest BCUT2D eigenvalue weighted by Crippen LogP contribution is 2.39. The molecule has 0 aromatic heterocycles. The van der Waals surface area contributed by atoms with Crippen molar-refractivity contribution in [1.82, 2.24) is 19.6 Å². The zero-order valence-corrected chi connectivity index (χ0v) is 11.7. The molecule has 3 aliphatic heterocycles. The molecule has 17 heavy (non-hydrogen) atoms. The van der Waals surface area contributed by atoms with Crippen LogP contribution in [0.1, 0.15) is 0 Å². The number of fused-ring (bicyclic) bond motifs is 6. The van der Waals surface area contributed by atoms with E-state index in [0.29, 0.717) is 0 Å². The molecule has 0 amide bonds. The van der Waals surface area contributed by atoms with Gasteiger partial charge in [0.05, 0.1) is 0 Å². The molecule has 0 spiro atoms. The van der Waals surface area contributed by atoms with Gasteiger partial charge in [0, 0.05) is 39.3 Å². The highest BCUT2D eigenvalue weighted by molar-refractivity contribution is 7.32. The number of rotatable bonds is 1. The van der Waals surface area contributed by atoms with E-state index >= 15 is 0 Å². The lowest BCUT2D eigenvalue weighted by atomic mass is 10.3. The molecule has 0 saturated carbocycles. The average Bonchev–Trinajstić information content (AvgIpc) is 2.24. The van der Waals surface area contributed by atoms with Crippen LogP contribution in [0, 0.1) is 0 Å². The second-order valence-corrected chi connectivity index (χ2v) is 6.08. The van der Waals surface area contributed by atoms with Gasteiger partial charge >= 0.3 is 7.68 Å². The largest absolute Gasteiger partial charge is 0.368 e. The van der Waals surface area contributed by atoms with Crippen molar-refractivity contribution in [1.29, 1.82) is 0 Å². The van der Waals surface area contributed by atoms with Crippen molar-refractivity contribution >= 4 is 7.68 Å². The number of hydrogen-bond donors (Lipinski definition) is 0. The summed E-state index contributed by atoms with van der Waals surface area (Å²) in [6.07, 6.45) is 0. The van der Waals surface area contributed by atoms with Crippen LogP contribution < -0.4 is 0 Å². The predicted molar refractivity (Wildman–Crippen MR) is 65.4 cm³/mol. The van der Waals surface area contributed by atoms with Crippen molar-refractivity contribution in [3.05, 3.63) is 0 Å². The molecule has 0 atom stereocenters. The predicted octanol–water partition coefficient (Wildman–Crippen LogP) is -0.105. The smallest absolute Gasteiger partial charge is 0.300 e. The summed E-state index contributed by atoms with van der Waals surface area (Å²) < 4.78 is 23.8. The van der Waals surface area contributed by atoms with Crippen molar-refractivity contribution in [2.45, 2.75) is 5.53 Å². The van der Waals surface area contributed by atoms with Gasteiger partial charge in [-0.1, -0.05) is 0 Å². The molecule has 6 nitrogen and oxygen atoms in total. The van der Waals surface area contributed by atoms with E-state index in [9.17, 15) is 9.13 Å². The third-order valence-corrected chi connectivity index (χ3v) is 5.55. The molecular formula is C10H21N4O2P. The molecule has 0 N–H and O–H groups in total. The molecule has 7 heteroatoms. The van der Waals surface area contributed by atoms with Crippen LogP contribution in [-0.2, 0) is 9.13 Å². The van der Waals surface area contributed by atoms with Crippen molar-refractivity contribution in [2.75, 3.05) is 60.4 Å². The van der Waals surface area contributed by atoms with E-state index in [1.807, 2.05) is 35.8 Å². The lowest BCUT2D eigenvalue weighted by Crippen LogP contribution is -2.69. The van der Waals surface area contributed by atoms with Gasteiger partial charge in [-0.2, -0.15) is 0 Å². The maximum Gasteiger partial charge on any atom is 0.368 e. The summed E-state index contributed by atoms with van der Waals surface area (Å²) >= 11 is 0. The number of nitrogens with zero attached hydrogens (tertiary/aromatic N) is 4. The van der Waals surface area contributed by atoms with Crippen molar-refractivity contribution in [2.24, 2.45) is 0 Å². The molecule has 3 rings (SSSR count). The molecule has 0 radical (unpaired) electrons. The van der Waals surface area contributed by atoms with Crippen molar-refractivity contribution < 1.29 is 9.13 Å². The van der Waals surface area contributed by atoms with Gasteiger partial charge in [-0.05, 0) is 21.1 Å². The minimum atomic E-state index is -2.57. The fourth-order valence-electron chi connectivity index (χ4n) is 2.95. The van der Waals surface area contributed by atoms with Crippen LogP contribution in [0.2, 0.25) is 0 Å². The normalized spacial score (nSPS) is 37.5. The molecule has 0 aromatic carbocycles. The van der Waals surface area contributed by atoms with Gasteiger partial charge in [0.1, 0.15) is 0 Å². The van der Waals surface area contributed by atoms with E-state index in [0.717, 1.165) is 39.3 Å². The first kappa shape index (κ1) is 13.2. The first-order valence-electron chi connectivity index (χ1n) is 6.00. The second kappa shape index (κ2) is 4.78. The van der Waals surface area contributed by atoms with Crippen molar-refractivity contribution in [3.63, 3.8) is 0 Å². The Morgan fingerprint density at radius 3 is 1.41 bits per heavy atom. The minimum absolute atomic E-state index is 0.776. The lowest BCUT2D eigenvalue weighted by Gasteiger charge is -2.52. The van der Waals surface area contributed by atoms with Crippen LogP contribution in [0.4, 0.5) is 0 Å². The zero-order chi connectivity index (χ0) is 12.6. The Morgan fingerprint density at radius 1 is 0.765 bits per heavy atom. The molecule has 98 valence electrons. The van der Waals surface area contributed by atoms with Gasteiger partial charge in [-0.3, -0.25) is 19.6 Å². The quantitative estimate of drug-likeness (QED) is 0.613. The van der Waals surface area contributed by atoms with Gasteiger partial charge in [0.15, 0.2) is 0 Å². The maximum atomic E-state index is 11.9. The second-order valence-electron chi connectivity index (χ2n) is 4.96. The van der Waals surface area contributed by atoms with Gasteiger partial charge in [-0.15, -0.1) is 0 Å². The summed E-state index contributed by atoms with van der Waals surface area (Å²) in [6, 6.07) is 0. The SMILES string of the molecule is CN1CCN2CCN(C)C1(P(=O)=O)N(C)CC2. The van der Waals surface area contributed by atoms with Crippen LogP contribution >= 0.6 is 7.68 Å². The van der Waals surface area contributed by atoms with Gasteiger partial charge < -0.3 is 0 Å². The van der Waals surface area contributed by atoms with E-state index in [4.69, 9.17) is 0 Å². The Hall–Kier alpha value is -0.260. The molecule has 0 aromatic rings. The molecule has 3 fully saturated rings. The van der Waals surface area contributed by atoms with Crippen LogP contribution in [0.25, 0.3) is 0 Å². The third-order valence-electron chi connectivity index (χ3n) is 4.04. The van der Waals surface area contributed by atoms with E-state index in [1.54, 1.807) is 0 Å². The monoisotopic (exact) mass is 260 g/mol. The minimum Gasteiger partial charge on any atom is -0.300 e. The topological polar surface area (TPSA) is 47.1 Å². The van der Waals surface area contributed by atoms with Crippen LogP contribution in [0.3, 0.4) is 0 Å². The van der Waals surface area contributed by atoms with Gasteiger partial charge in [0.2, 0.25) is 5.53 Å². The molecule has 3 heterocycles. The Kier molecular flexibility index (Phi) is 3.71. The average molecular weight is 260 g/mol. The first-order valence-corrected chi connectivity index (χ1v) is 7.18. The van der Waals surface area contributed by atoms with E-state index in [2.05, 4.69) is 4.90 Å². The third kappa shape index (κ3) is 1.98. The van der Waals surface area contributed by atoms with Crippen LogP contribution in [-0.4, -0.2) is 85.5 Å². The van der Waals surface area contributed by atoms with E-state index in [-0.39, 0.29) is 0 Å².